The van der Waals surface area contributed by atoms with Crippen LogP contribution in [0.15, 0.2) is 10.9 Å². The second kappa shape index (κ2) is 7.74. The summed E-state index contributed by atoms with van der Waals surface area (Å²) < 4.78 is 25.1. The van der Waals surface area contributed by atoms with Crippen LogP contribution in [-0.2, 0) is 27.5 Å². The molecular formula is C21H29N5O4S. The van der Waals surface area contributed by atoms with Gasteiger partial charge in [0.15, 0.2) is 15.5 Å². The molecule has 0 bridgehead atoms. The summed E-state index contributed by atoms with van der Waals surface area (Å²) in [6, 6.07) is 1.68. The first-order chi connectivity index (χ1) is 14.8. The molecule has 10 heteroatoms. The molecule has 2 aliphatic heterocycles. The summed E-state index contributed by atoms with van der Waals surface area (Å²) in [4.78, 5) is 34.4. The lowest BCUT2D eigenvalue weighted by Gasteiger charge is -2.28. The van der Waals surface area contributed by atoms with Gasteiger partial charge in [0.1, 0.15) is 0 Å². The number of amides is 1. The van der Waals surface area contributed by atoms with Crippen molar-refractivity contribution in [2.24, 2.45) is 0 Å². The summed E-state index contributed by atoms with van der Waals surface area (Å²) in [5, 5.41) is 3.21. The molecule has 5 rings (SSSR count). The molecule has 31 heavy (non-hydrogen) atoms. The lowest BCUT2D eigenvalue weighted by Crippen LogP contribution is -2.43. The number of hydrogen-bond donors (Lipinski definition) is 1. The predicted octanol–water partition coefficient (Wildman–Crippen LogP) is 0.684. The molecule has 2 unspecified atom stereocenters. The fourth-order valence-electron chi connectivity index (χ4n) is 5.29. The van der Waals surface area contributed by atoms with E-state index in [1.165, 1.54) is 4.52 Å². The van der Waals surface area contributed by atoms with E-state index in [9.17, 15) is 18.0 Å². The molecule has 4 heterocycles. The van der Waals surface area contributed by atoms with Crippen molar-refractivity contribution < 1.29 is 13.2 Å². The van der Waals surface area contributed by atoms with Crippen LogP contribution in [0.3, 0.4) is 0 Å². The van der Waals surface area contributed by atoms with Crippen molar-refractivity contribution in [1.29, 1.82) is 0 Å². The molecule has 168 valence electrons. The normalized spacial score (nSPS) is 25.4. The summed E-state index contributed by atoms with van der Waals surface area (Å²) in [5.41, 5.74) is 3.15. The third-order valence-electron chi connectivity index (χ3n) is 7.05. The Kier molecular flexibility index (Phi) is 5.16. The second-order valence-corrected chi connectivity index (χ2v) is 11.4. The average Bonchev–Trinajstić information content (AvgIpc) is 3.45. The lowest BCUT2D eigenvalue weighted by molar-refractivity contribution is -0.133. The standard InChI is InChI=1S/C21H29N5O4S/c1-24(14-8-10-31(29,30)13-14)12-20(27)25-9-4-7-18(25)17-11-19-22-16-6-3-2-5-15(16)21(28)26(19)23-17/h11,14,18,23H,2-10,12-13H2,1H3. The van der Waals surface area contributed by atoms with Crippen molar-refractivity contribution in [1.82, 2.24) is 24.4 Å². The van der Waals surface area contributed by atoms with Gasteiger partial charge < -0.3 is 4.90 Å². The number of likely N-dealkylation sites (tertiary alicyclic amines) is 1. The van der Waals surface area contributed by atoms with E-state index in [-0.39, 0.29) is 41.6 Å². The van der Waals surface area contributed by atoms with Crippen molar-refractivity contribution in [3.8, 4) is 0 Å². The molecule has 0 spiro atoms. The summed E-state index contributed by atoms with van der Waals surface area (Å²) >= 11 is 0. The number of nitrogens with zero attached hydrogens (tertiary/aromatic N) is 4. The van der Waals surface area contributed by atoms with Gasteiger partial charge in [-0.25, -0.2) is 17.9 Å². The Balaban J connectivity index is 1.36. The van der Waals surface area contributed by atoms with Crippen molar-refractivity contribution in [3.63, 3.8) is 0 Å². The van der Waals surface area contributed by atoms with Crippen LogP contribution in [-0.4, -0.2) is 76.4 Å². The number of aromatic nitrogens is 3. The molecule has 1 aliphatic carbocycles. The number of carbonyl (C=O) groups is 1. The van der Waals surface area contributed by atoms with Crippen LogP contribution in [0.5, 0.6) is 0 Å². The summed E-state index contributed by atoms with van der Waals surface area (Å²) in [6.07, 6.45) is 6.00. The van der Waals surface area contributed by atoms with Gasteiger partial charge >= 0.3 is 0 Å². The van der Waals surface area contributed by atoms with E-state index < -0.39 is 9.84 Å². The summed E-state index contributed by atoms with van der Waals surface area (Å²) in [6.45, 7) is 0.859. The van der Waals surface area contributed by atoms with Gasteiger partial charge in [-0.1, -0.05) is 0 Å². The van der Waals surface area contributed by atoms with Crippen molar-refractivity contribution >= 4 is 21.4 Å². The zero-order valence-corrected chi connectivity index (χ0v) is 18.7. The fourth-order valence-corrected chi connectivity index (χ4v) is 7.10. The minimum atomic E-state index is -2.99. The number of H-pyrrole nitrogens is 1. The largest absolute Gasteiger partial charge is 0.333 e. The average molecular weight is 448 g/mol. The van der Waals surface area contributed by atoms with Crippen molar-refractivity contribution in [3.05, 3.63) is 33.4 Å². The third-order valence-corrected chi connectivity index (χ3v) is 8.80. The highest BCUT2D eigenvalue weighted by Gasteiger charge is 2.35. The molecule has 1 amide bonds. The van der Waals surface area contributed by atoms with E-state index in [0.717, 1.165) is 55.5 Å². The molecule has 2 atom stereocenters. The highest BCUT2D eigenvalue weighted by molar-refractivity contribution is 7.91. The Labute approximate surface area is 181 Å². The lowest BCUT2D eigenvalue weighted by atomic mass is 9.97. The smallest absolute Gasteiger partial charge is 0.276 e. The molecule has 1 N–H and O–H groups in total. The van der Waals surface area contributed by atoms with Gasteiger partial charge in [0.2, 0.25) is 5.91 Å². The Morgan fingerprint density at radius 2 is 2.06 bits per heavy atom. The van der Waals surface area contributed by atoms with Crippen LogP contribution in [0.4, 0.5) is 0 Å². The van der Waals surface area contributed by atoms with Crippen LogP contribution in [0, 0.1) is 0 Å². The maximum atomic E-state index is 13.1. The van der Waals surface area contributed by atoms with Gasteiger partial charge in [-0.15, -0.1) is 0 Å². The second-order valence-electron chi connectivity index (χ2n) is 9.17. The third kappa shape index (κ3) is 3.80. The van der Waals surface area contributed by atoms with Crippen LogP contribution < -0.4 is 5.56 Å². The molecular weight excluding hydrogens is 418 g/mol. The van der Waals surface area contributed by atoms with E-state index in [1.807, 2.05) is 22.9 Å². The highest BCUT2D eigenvalue weighted by atomic mass is 32.2. The number of aromatic amines is 1. The van der Waals surface area contributed by atoms with Crippen molar-refractivity contribution in [2.75, 3.05) is 31.6 Å². The Morgan fingerprint density at radius 3 is 2.84 bits per heavy atom. The number of nitrogens with one attached hydrogen (secondary N) is 1. The SMILES string of the molecule is CN(CC(=O)N1CCCC1c1cc2nc3c(c(=O)n2[nH]1)CCCC3)C1CCS(=O)(=O)C1. The molecule has 2 fully saturated rings. The first kappa shape index (κ1) is 20.7. The van der Waals surface area contributed by atoms with Crippen LogP contribution in [0.2, 0.25) is 0 Å². The topological polar surface area (TPSA) is 108 Å². The van der Waals surface area contributed by atoms with Gasteiger partial charge in [0, 0.05) is 24.2 Å². The van der Waals surface area contributed by atoms with Crippen LogP contribution in [0.1, 0.15) is 55.1 Å². The first-order valence-electron chi connectivity index (χ1n) is 11.2. The van der Waals surface area contributed by atoms with Gasteiger partial charge in [-0.05, 0) is 52.0 Å². The van der Waals surface area contributed by atoms with Gasteiger partial charge in [-0.3, -0.25) is 19.6 Å². The molecule has 2 saturated heterocycles. The first-order valence-corrected chi connectivity index (χ1v) is 13.0. The zero-order chi connectivity index (χ0) is 21.8. The molecule has 3 aliphatic rings. The van der Waals surface area contributed by atoms with E-state index in [0.29, 0.717) is 18.6 Å². The van der Waals surface area contributed by atoms with E-state index in [1.54, 1.807) is 0 Å². The number of hydrogen-bond acceptors (Lipinski definition) is 6. The number of carbonyl (C=O) groups excluding carboxylic acids is 1. The molecule has 0 aromatic carbocycles. The Morgan fingerprint density at radius 1 is 1.26 bits per heavy atom. The highest BCUT2D eigenvalue weighted by Crippen LogP contribution is 2.32. The summed E-state index contributed by atoms with van der Waals surface area (Å²) in [5.74, 6) is 0.317. The minimum absolute atomic E-state index is 0.00689. The number of sulfone groups is 1. The number of aryl methyl sites for hydroxylation is 1. The summed E-state index contributed by atoms with van der Waals surface area (Å²) in [7, 11) is -1.16. The van der Waals surface area contributed by atoms with E-state index in [4.69, 9.17) is 4.98 Å². The Bertz CT molecular complexity index is 1180. The molecule has 9 nitrogen and oxygen atoms in total. The minimum Gasteiger partial charge on any atom is -0.333 e. The fraction of sp³-hybridized carbons (Fsp3) is 0.667. The number of fused-ring (bicyclic) bond motifs is 2. The number of rotatable bonds is 4. The van der Waals surface area contributed by atoms with Gasteiger partial charge in [-0.2, -0.15) is 0 Å². The van der Waals surface area contributed by atoms with Crippen LogP contribution >= 0.6 is 0 Å². The molecule has 2 aromatic rings. The van der Waals surface area contributed by atoms with Gasteiger partial charge in [0.25, 0.3) is 5.56 Å². The zero-order valence-electron chi connectivity index (χ0n) is 17.8. The monoisotopic (exact) mass is 447 g/mol. The van der Waals surface area contributed by atoms with E-state index >= 15 is 0 Å². The van der Waals surface area contributed by atoms with Crippen LogP contribution in [0.25, 0.3) is 5.65 Å². The quantitative estimate of drug-likeness (QED) is 0.739. The van der Waals surface area contributed by atoms with Crippen molar-refractivity contribution in [2.45, 2.75) is 57.0 Å². The number of likely N-dealkylation sites (N-methyl/N-ethyl adjacent to an activating group) is 1. The maximum Gasteiger partial charge on any atom is 0.276 e. The molecule has 0 radical (unpaired) electrons. The molecule has 2 aromatic heterocycles. The predicted molar refractivity (Wildman–Crippen MR) is 116 cm³/mol. The van der Waals surface area contributed by atoms with E-state index in [2.05, 4.69) is 5.10 Å². The van der Waals surface area contributed by atoms with Gasteiger partial charge in [0.05, 0.1) is 35.5 Å². The maximum absolute atomic E-state index is 13.1. The molecule has 0 saturated carbocycles. The Hall–Kier alpha value is -2.20.